The summed E-state index contributed by atoms with van der Waals surface area (Å²) < 4.78 is 5.53. The highest BCUT2D eigenvalue weighted by Gasteiger charge is 2.22. The molecule has 2 amide bonds. The summed E-state index contributed by atoms with van der Waals surface area (Å²) in [4.78, 5) is 45.1. The molecular weight excluding hydrogens is 564 g/mol. The Morgan fingerprint density at radius 2 is 1.38 bits per heavy atom. The van der Waals surface area contributed by atoms with Crippen molar-refractivity contribution < 1.29 is 19.1 Å². The van der Waals surface area contributed by atoms with Gasteiger partial charge in [0.05, 0.1) is 6.61 Å². The molecular formula is C37H42N4O4. The minimum absolute atomic E-state index is 0.0844. The number of unbranched alkanes of at least 4 members (excludes halogenated alkanes) is 2. The number of benzene rings is 3. The van der Waals surface area contributed by atoms with Crippen LogP contribution in [0.4, 0.5) is 0 Å². The van der Waals surface area contributed by atoms with Crippen molar-refractivity contribution in [2.45, 2.75) is 64.0 Å². The number of aromatic amines is 2. The minimum atomic E-state index is -0.687. The summed E-state index contributed by atoms with van der Waals surface area (Å²) in [6, 6.07) is 25.2. The molecule has 0 saturated carbocycles. The Morgan fingerprint density at radius 3 is 2.13 bits per heavy atom. The molecule has 5 aromatic rings. The zero-order valence-corrected chi connectivity index (χ0v) is 25.6. The van der Waals surface area contributed by atoms with Crippen LogP contribution in [0, 0.1) is 0 Å². The van der Waals surface area contributed by atoms with Crippen molar-refractivity contribution in [2.75, 3.05) is 13.2 Å². The monoisotopic (exact) mass is 606 g/mol. The second kappa shape index (κ2) is 16.4. The normalized spacial score (nSPS) is 11.9. The van der Waals surface area contributed by atoms with Crippen molar-refractivity contribution in [3.63, 3.8) is 0 Å². The largest absolute Gasteiger partial charge is 0.369 e. The van der Waals surface area contributed by atoms with Crippen molar-refractivity contribution in [1.82, 2.24) is 20.6 Å². The van der Waals surface area contributed by atoms with Gasteiger partial charge in [0.15, 0.2) is 5.78 Å². The molecule has 2 heterocycles. The third-order valence-corrected chi connectivity index (χ3v) is 8.08. The van der Waals surface area contributed by atoms with E-state index in [1.54, 1.807) is 0 Å². The summed E-state index contributed by atoms with van der Waals surface area (Å²) in [7, 11) is 0. The lowest BCUT2D eigenvalue weighted by Gasteiger charge is -2.18. The zero-order chi connectivity index (χ0) is 31.3. The Morgan fingerprint density at radius 1 is 0.711 bits per heavy atom. The minimum Gasteiger partial charge on any atom is -0.369 e. The standard InChI is InChI=1S/C37H42N4O4/c42-30(26-45-25-27-12-3-1-4-13-27)15-5-2-10-21-38-37(44)35(22-29-24-40-34-19-9-7-17-32(29)34)41-36(43)20-11-14-28-23-39-33-18-8-6-16-31(28)33/h1,3-4,6-9,12-13,16-19,23-24,35,39-40H,2,5,10-11,14-15,20-22,25-26H2,(H,38,44)(H,41,43)/t35-/m0/s1. The number of rotatable bonds is 18. The van der Waals surface area contributed by atoms with Crippen molar-refractivity contribution in [3.05, 3.63) is 108 Å². The number of Topliss-reactive ketones (excluding diaryl/α,β-unsaturated/α-hetero) is 1. The van der Waals surface area contributed by atoms with Gasteiger partial charge in [-0.25, -0.2) is 0 Å². The molecule has 45 heavy (non-hydrogen) atoms. The lowest BCUT2D eigenvalue weighted by atomic mass is 10.0. The number of ether oxygens (including phenoxy) is 1. The molecule has 0 radical (unpaired) electrons. The van der Waals surface area contributed by atoms with E-state index in [-0.39, 0.29) is 24.2 Å². The average molecular weight is 607 g/mol. The van der Waals surface area contributed by atoms with Crippen molar-refractivity contribution in [2.24, 2.45) is 0 Å². The van der Waals surface area contributed by atoms with Gasteiger partial charge in [0.25, 0.3) is 0 Å². The summed E-state index contributed by atoms with van der Waals surface area (Å²) in [6.45, 7) is 1.03. The van der Waals surface area contributed by atoms with Crippen molar-refractivity contribution >= 4 is 39.4 Å². The molecule has 0 spiro atoms. The molecule has 0 aliphatic heterocycles. The van der Waals surface area contributed by atoms with E-state index in [0.717, 1.165) is 53.2 Å². The van der Waals surface area contributed by atoms with Crippen LogP contribution >= 0.6 is 0 Å². The van der Waals surface area contributed by atoms with Gasteiger partial charge in [0, 0.05) is 60.0 Å². The van der Waals surface area contributed by atoms with Gasteiger partial charge in [-0.05, 0) is 54.5 Å². The second-order valence-electron chi connectivity index (χ2n) is 11.5. The summed E-state index contributed by atoms with van der Waals surface area (Å²) in [5, 5.41) is 8.23. The van der Waals surface area contributed by atoms with Gasteiger partial charge in [-0.2, -0.15) is 0 Å². The summed E-state index contributed by atoms with van der Waals surface area (Å²) >= 11 is 0. The van der Waals surface area contributed by atoms with E-state index in [1.807, 2.05) is 85.2 Å². The number of H-pyrrole nitrogens is 2. The molecule has 5 rings (SSSR count). The third-order valence-electron chi connectivity index (χ3n) is 8.08. The maximum absolute atomic E-state index is 13.3. The number of para-hydroxylation sites is 2. The van der Waals surface area contributed by atoms with Crippen LogP contribution in [0.2, 0.25) is 0 Å². The molecule has 0 fully saturated rings. The smallest absolute Gasteiger partial charge is 0.242 e. The second-order valence-corrected chi connectivity index (χ2v) is 11.5. The number of hydrogen-bond donors (Lipinski definition) is 4. The van der Waals surface area contributed by atoms with Crippen LogP contribution in [0.25, 0.3) is 21.8 Å². The maximum Gasteiger partial charge on any atom is 0.242 e. The predicted octanol–water partition coefficient (Wildman–Crippen LogP) is 6.16. The number of nitrogens with one attached hydrogen (secondary N) is 4. The number of carbonyl (C=O) groups is 3. The molecule has 2 aromatic heterocycles. The fourth-order valence-electron chi connectivity index (χ4n) is 5.66. The highest BCUT2D eigenvalue weighted by molar-refractivity contribution is 5.89. The number of hydrogen-bond acceptors (Lipinski definition) is 4. The molecule has 0 bridgehead atoms. The summed E-state index contributed by atoms with van der Waals surface area (Å²) in [6.07, 6.45) is 8.88. The molecule has 8 nitrogen and oxygen atoms in total. The fraction of sp³-hybridized carbons (Fsp3) is 0.324. The van der Waals surface area contributed by atoms with Gasteiger partial charge in [0.2, 0.25) is 11.8 Å². The number of amides is 2. The molecule has 1 atom stereocenters. The first-order chi connectivity index (χ1) is 22.1. The van der Waals surface area contributed by atoms with E-state index >= 15 is 0 Å². The van der Waals surface area contributed by atoms with Gasteiger partial charge in [-0.15, -0.1) is 0 Å². The molecule has 0 unspecified atom stereocenters. The Hall–Kier alpha value is -4.69. The number of aromatic nitrogens is 2. The van der Waals surface area contributed by atoms with Gasteiger partial charge in [-0.1, -0.05) is 73.2 Å². The van der Waals surface area contributed by atoms with E-state index in [0.29, 0.717) is 38.8 Å². The van der Waals surface area contributed by atoms with Gasteiger partial charge < -0.3 is 25.3 Å². The Bertz CT molecular complexity index is 1690. The summed E-state index contributed by atoms with van der Waals surface area (Å²) in [5.74, 6) is -0.250. The van der Waals surface area contributed by atoms with Gasteiger partial charge in [0.1, 0.15) is 12.6 Å². The molecule has 234 valence electrons. The first-order valence-corrected chi connectivity index (χ1v) is 15.9. The van der Waals surface area contributed by atoms with Crippen LogP contribution in [0.15, 0.2) is 91.3 Å². The van der Waals surface area contributed by atoms with Crippen molar-refractivity contribution in [3.8, 4) is 0 Å². The fourth-order valence-corrected chi connectivity index (χ4v) is 5.66. The molecule has 0 saturated heterocycles. The number of fused-ring (bicyclic) bond motifs is 2. The highest BCUT2D eigenvalue weighted by atomic mass is 16.5. The lowest BCUT2D eigenvalue weighted by molar-refractivity contribution is -0.129. The van der Waals surface area contributed by atoms with Crippen molar-refractivity contribution in [1.29, 1.82) is 0 Å². The van der Waals surface area contributed by atoms with Crippen LogP contribution < -0.4 is 10.6 Å². The predicted molar refractivity (Wildman–Crippen MR) is 178 cm³/mol. The topological polar surface area (TPSA) is 116 Å². The molecule has 3 aromatic carbocycles. The summed E-state index contributed by atoms with van der Waals surface area (Å²) in [5.41, 5.74) is 5.31. The lowest BCUT2D eigenvalue weighted by Crippen LogP contribution is -2.48. The van der Waals surface area contributed by atoms with Gasteiger partial charge in [-0.3, -0.25) is 14.4 Å². The number of carbonyl (C=O) groups excluding carboxylic acids is 3. The third kappa shape index (κ3) is 9.40. The van der Waals surface area contributed by atoms with E-state index in [1.165, 1.54) is 10.9 Å². The maximum atomic E-state index is 13.3. The molecule has 0 aliphatic rings. The first kappa shape index (κ1) is 31.7. The van der Waals surface area contributed by atoms with E-state index in [2.05, 4.69) is 26.7 Å². The molecule has 8 heteroatoms. The zero-order valence-electron chi connectivity index (χ0n) is 25.6. The average Bonchev–Trinajstić information content (AvgIpc) is 3.67. The Balaban J connectivity index is 1.06. The van der Waals surface area contributed by atoms with E-state index in [4.69, 9.17) is 4.74 Å². The van der Waals surface area contributed by atoms with Gasteiger partial charge >= 0.3 is 0 Å². The molecule has 0 aliphatic carbocycles. The van der Waals surface area contributed by atoms with Crippen LogP contribution in [-0.4, -0.2) is 46.8 Å². The van der Waals surface area contributed by atoms with Crippen LogP contribution in [-0.2, 0) is 38.6 Å². The van der Waals surface area contributed by atoms with E-state index < -0.39 is 6.04 Å². The van der Waals surface area contributed by atoms with Crippen LogP contribution in [0.3, 0.4) is 0 Å². The Labute approximate surface area is 263 Å². The quantitative estimate of drug-likeness (QED) is 0.0894. The first-order valence-electron chi connectivity index (χ1n) is 15.9. The SMILES string of the molecule is O=C(CCCCCNC(=O)[C@H](Cc1c[nH]c2ccccc12)NC(=O)CCCc1c[nH]c2ccccc12)COCc1ccccc1. The number of ketones is 1. The Kier molecular flexibility index (Phi) is 11.6. The van der Waals surface area contributed by atoms with E-state index in [9.17, 15) is 14.4 Å². The molecule has 4 N–H and O–H groups in total. The highest BCUT2D eigenvalue weighted by Crippen LogP contribution is 2.21. The number of aryl methyl sites for hydroxylation is 1. The van der Waals surface area contributed by atoms with Crippen LogP contribution in [0.1, 0.15) is 55.2 Å². The van der Waals surface area contributed by atoms with Crippen LogP contribution in [0.5, 0.6) is 0 Å².